The van der Waals surface area contributed by atoms with Crippen molar-refractivity contribution in [3.63, 3.8) is 0 Å². The molecule has 0 bridgehead atoms. The molecule has 1 aromatic heterocycles. The monoisotopic (exact) mass is 314 g/mol. The molecule has 6 heteroatoms. The van der Waals surface area contributed by atoms with Crippen molar-refractivity contribution in [1.29, 1.82) is 0 Å². The Kier molecular flexibility index (Phi) is 5.65. The van der Waals surface area contributed by atoms with Crippen LogP contribution in [-0.4, -0.2) is 40.0 Å². The van der Waals surface area contributed by atoms with Crippen molar-refractivity contribution in [2.45, 2.75) is 26.9 Å². The number of aryl methyl sites for hydroxylation is 1. The second kappa shape index (κ2) is 7.69. The predicted octanol–water partition coefficient (Wildman–Crippen LogP) is 2.18. The molecule has 0 fully saturated rings. The van der Waals surface area contributed by atoms with Crippen molar-refractivity contribution >= 4 is 17.4 Å². The number of carbonyl (C=O) groups is 2. The fourth-order valence-corrected chi connectivity index (χ4v) is 2.29. The van der Waals surface area contributed by atoms with Gasteiger partial charge in [0.05, 0.1) is 12.7 Å². The standard InChI is InChI=1S/C17H22N4O2/c1-4-21-11-14(9-18-21)10-20(3)12-17(23)19-16-7-5-6-15(8-16)13(2)22/h5-9,11H,4,10,12H2,1-3H3,(H,19,23). The number of rotatable bonds is 7. The van der Waals surface area contributed by atoms with Crippen LogP contribution in [0.4, 0.5) is 5.69 Å². The SMILES string of the molecule is CCn1cc(CN(C)CC(=O)Nc2cccc(C(C)=O)c2)cn1. The third-order valence-electron chi connectivity index (χ3n) is 3.43. The molecular weight excluding hydrogens is 292 g/mol. The van der Waals surface area contributed by atoms with Crippen LogP contribution in [0.5, 0.6) is 0 Å². The van der Waals surface area contributed by atoms with Crippen LogP contribution < -0.4 is 5.32 Å². The Bertz CT molecular complexity index is 693. The van der Waals surface area contributed by atoms with E-state index in [9.17, 15) is 9.59 Å². The van der Waals surface area contributed by atoms with E-state index in [-0.39, 0.29) is 18.2 Å². The lowest BCUT2D eigenvalue weighted by atomic mass is 10.1. The van der Waals surface area contributed by atoms with Gasteiger partial charge in [0.2, 0.25) is 5.91 Å². The summed E-state index contributed by atoms with van der Waals surface area (Å²) in [4.78, 5) is 25.4. The fourth-order valence-electron chi connectivity index (χ4n) is 2.29. The Morgan fingerprint density at radius 3 is 2.78 bits per heavy atom. The van der Waals surface area contributed by atoms with Gasteiger partial charge in [-0.2, -0.15) is 5.10 Å². The van der Waals surface area contributed by atoms with Crippen LogP contribution >= 0.6 is 0 Å². The van der Waals surface area contributed by atoms with E-state index in [0.29, 0.717) is 17.8 Å². The highest BCUT2D eigenvalue weighted by atomic mass is 16.2. The van der Waals surface area contributed by atoms with Crippen LogP contribution in [-0.2, 0) is 17.9 Å². The molecule has 0 aliphatic carbocycles. The molecule has 6 nitrogen and oxygen atoms in total. The largest absolute Gasteiger partial charge is 0.325 e. The first-order valence-electron chi connectivity index (χ1n) is 7.58. The number of nitrogens with one attached hydrogen (secondary N) is 1. The van der Waals surface area contributed by atoms with Crippen molar-refractivity contribution in [3.8, 4) is 0 Å². The lowest BCUT2D eigenvalue weighted by molar-refractivity contribution is -0.117. The van der Waals surface area contributed by atoms with Crippen molar-refractivity contribution < 1.29 is 9.59 Å². The van der Waals surface area contributed by atoms with E-state index in [1.807, 2.05) is 35.9 Å². The molecule has 122 valence electrons. The summed E-state index contributed by atoms with van der Waals surface area (Å²) in [5.74, 6) is -0.137. The molecular formula is C17H22N4O2. The minimum atomic E-state index is -0.115. The maximum Gasteiger partial charge on any atom is 0.238 e. The zero-order valence-electron chi connectivity index (χ0n) is 13.7. The summed E-state index contributed by atoms with van der Waals surface area (Å²) < 4.78 is 1.86. The molecule has 2 rings (SSSR count). The maximum atomic E-state index is 12.1. The number of amides is 1. The molecule has 1 aromatic carbocycles. The number of hydrogen-bond acceptors (Lipinski definition) is 4. The average Bonchev–Trinajstić information content (AvgIpc) is 2.94. The number of nitrogens with zero attached hydrogens (tertiary/aromatic N) is 3. The molecule has 0 unspecified atom stereocenters. The highest BCUT2D eigenvalue weighted by molar-refractivity contribution is 5.97. The third-order valence-corrected chi connectivity index (χ3v) is 3.43. The first-order valence-corrected chi connectivity index (χ1v) is 7.58. The van der Waals surface area contributed by atoms with E-state index in [1.165, 1.54) is 6.92 Å². The number of Topliss-reactive ketones (excluding diaryl/α,β-unsaturated/α-hetero) is 1. The number of hydrogen-bond donors (Lipinski definition) is 1. The van der Waals surface area contributed by atoms with Crippen molar-refractivity contribution in [1.82, 2.24) is 14.7 Å². The molecule has 1 heterocycles. The smallest absolute Gasteiger partial charge is 0.238 e. The maximum absolute atomic E-state index is 12.1. The topological polar surface area (TPSA) is 67.2 Å². The van der Waals surface area contributed by atoms with E-state index in [0.717, 1.165) is 12.1 Å². The summed E-state index contributed by atoms with van der Waals surface area (Å²) in [6, 6.07) is 6.95. The Labute approximate surface area is 136 Å². The van der Waals surface area contributed by atoms with Crippen LogP contribution in [0.3, 0.4) is 0 Å². The lowest BCUT2D eigenvalue weighted by Crippen LogP contribution is -2.29. The summed E-state index contributed by atoms with van der Waals surface area (Å²) in [5, 5.41) is 7.03. The summed E-state index contributed by atoms with van der Waals surface area (Å²) in [6.07, 6.45) is 3.79. The molecule has 1 N–H and O–H groups in total. The summed E-state index contributed by atoms with van der Waals surface area (Å²) in [5.41, 5.74) is 2.29. The first-order chi connectivity index (χ1) is 11.0. The van der Waals surface area contributed by atoms with Gasteiger partial charge in [-0.1, -0.05) is 12.1 Å². The van der Waals surface area contributed by atoms with Crippen LogP contribution in [0, 0.1) is 0 Å². The number of carbonyl (C=O) groups excluding carboxylic acids is 2. The van der Waals surface area contributed by atoms with E-state index in [4.69, 9.17) is 0 Å². The summed E-state index contributed by atoms with van der Waals surface area (Å²) in [7, 11) is 1.88. The summed E-state index contributed by atoms with van der Waals surface area (Å²) >= 11 is 0. The van der Waals surface area contributed by atoms with E-state index >= 15 is 0 Å². The van der Waals surface area contributed by atoms with Crippen molar-refractivity contribution in [2.75, 3.05) is 18.9 Å². The van der Waals surface area contributed by atoms with Crippen LogP contribution in [0.2, 0.25) is 0 Å². The highest BCUT2D eigenvalue weighted by Crippen LogP contribution is 2.11. The molecule has 1 amide bonds. The van der Waals surface area contributed by atoms with E-state index in [1.54, 1.807) is 24.3 Å². The van der Waals surface area contributed by atoms with Gasteiger partial charge >= 0.3 is 0 Å². The Morgan fingerprint density at radius 2 is 2.13 bits per heavy atom. The lowest BCUT2D eigenvalue weighted by Gasteiger charge is -2.15. The molecule has 0 saturated carbocycles. The van der Waals surface area contributed by atoms with E-state index < -0.39 is 0 Å². The van der Waals surface area contributed by atoms with Gasteiger partial charge in [-0.3, -0.25) is 19.2 Å². The molecule has 0 aliphatic heterocycles. The molecule has 0 aliphatic rings. The first kappa shape index (κ1) is 16.9. The molecule has 2 aromatic rings. The second-order valence-corrected chi connectivity index (χ2v) is 5.56. The summed E-state index contributed by atoms with van der Waals surface area (Å²) in [6.45, 7) is 5.29. The van der Waals surface area contributed by atoms with Crippen LogP contribution in [0.15, 0.2) is 36.7 Å². The number of benzene rings is 1. The zero-order valence-corrected chi connectivity index (χ0v) is 13.7. The fraction of sp³-hybridized carbons (Fsp3) is 0.353. The predicted molar refractivity (Wildman–Crippen MR) is 89.3 cm³/mol. The Balaban J connectivity index is 1.88. The van der Waals surface area contributed by atoms with Gasteiger partial charge in [0.1, 0.15) is 0 Å². The quantitative estimate of drug-likeness (QED) is 0.795. The van der Waals surface area contributed by atoms with Crippen LogP contribution in [0.25, 0.3) is 0 Å². The number of ketones is 1. The van der Waals surface area contributed by atoms with Gasteiger partial charge in [-0.25, -0.2) is 0 Å². The minimum absolute atomic E-state index is 0.0221. The minimum Gasteiger partial charge on any atom is -0.325 e. The molecule has 23 heavy (non-hydrogen) atoms. The van der Waals surface area contributed by atoms with Crippen molar-refractivity contribution in [2.24, 2.45) is 0 Å². The van der Waals surface area contributed by atoms with Gasteiger partial charge in [0.25, 0.3) is 0 Å². The second-order valence-electron chi connectivity index (χ2n) is 5.56. The molecule has 0 radical (unpaired) electrons. The van der Waals surface area contributed by atoms with Gasteiger partial charge in [-0.05, 0) is 33.0 Å². The number of likely N-dealkylation sites (N-methyl/N-ethyl adjacent to an activating group) is 1. The average molecular weight is 314 g/mol. The van der Waals surface area contributed by atoms with Crippen molar-refractivity contribution in [3.05, 3.63) is 47.8 Å². The normalized spacial score (nSPS) is 10.8. The zero-order chi connectivity index (χ0) is 16.8. The van der Waals surface area contributed by atoms with E-state index in [2.05, 4.69) is 10.4 Å². The van der Waals surface area contributed by atoms with Gasteiger partial charge < -0.3 is 5.32 Å². The molecule has 0 spiro atoms. The molecule has 0 atom stereocenters. The third kappa shape index (κ3) is 5.03. The van der Waals surface area contributed by atoms with Crippen LogP contribution in [0.1, 0.15) is 29.8 Å². The van der Waals surface area contributed by atoms with Gasteiger partial charge in [0.15, 0.2) is 5.78 Å². The van der Waals surface area contributed by atoms with Gasteiger partial charge in [0, 0.05) is 36.1 Å². The highest BCUT2D eigenvalue weighted by Gasteiger charge is 2.09. The number of anilines is 1. The van der Waals surface area contributed by atoms with Gasteiger partial charge in [-0.15, -0.1) is 0 Å². The number of aromatic nitrogens is 2. The Morgan fingerprint density at radius 1 is 1.35 bits per heavy atom. The molecule has 0 saturated heterocycles. The Hall–Kier alpha value is -2.47.